The molecule has 1 atom stereocenters. The zero-order valence-corrected chi connectivity index (χ0v) is 11.9. The van der Waals surface area contributed by atoms with E-state index >= 15 is 0 Å². The van der Waals surface area contributed by atoms with E-state index in [0.29, 0.717) is 6.61 Å². The highest BCUT2D eigenvalue weighted by Gasteiger charge is 2.08. The Balaban J connectivity index is 1.91. The van der Waals surface area contributed by atoms with Crippen molar-refractivity contribution in [1.29, 1.82) is 0 Å². The molecule has 18 heavy (non-hydrogen) atoms. The first-order valence-electron chi connectivity index (χ1n) is 5.78. The number of ether oxygens (including phenoxy) is 1. The van der Waals surface area contributed by atoms with Gasteiger partial charge in [0.1, 0.15) is 0 Å². The van der Waals surface area contributed by atoms with E-state index in [9.17, 15) is 0 Å². The van der Waals surface area contributed by atoms with Gasteiger partial charge in [-0.05, 0) is 22.9 Å². The molecule has 0 aliphatic heterocycles. The summed E-state index contributed by atoms with van der Waals surface area (Å²) in [5, 5.41) is 16.7. The molecule has 0 amide bonds. The summed E-state index contributed by atoms with van der Waals surface area (Å²) < 4.78 is 5.03. The van der Waals surface area contributed by atoms with E-state index in [2.05, 4.69) is 34.3 Å². The summed E-state index contributed by atoms with van der Waals surface area (Å²) in [6.07, 6.45) is 0. The average Bonchev–Trinajstić information content (AvgIpc) is 3.04. The van der Waals surface area contributed by atoms with Gasteiger partial charge in [0.15, 0.2) is 0 Å². The third-order valence-corrected chi connectivity index (χ3v) is 4.47. The monoisotopic (exact) mass is 283 g/mol. The summed E-state index contributed by atoms with van der Waals surface area (Å²) >= 11 is 3.49. The molecule has 0 aromatic carbocycles. The van der Waals surface area contributed by atoms with E-state index in [-0.39, 0.29) is 12.6 Å². The molecular weight excluding hydrogens is 266 g/mol. The normalized spacial score (nSPS) is 12.8. The zero-order chi connectivity index (χ0) is 12.8. The zero-order valence-electron chi connectivity index (χ0n) is 10.3. The second-order valence-electron chi connectivity index (χ2n) is 3.99. The molecule has 1 unspecified atom stereocenters. The van der Waals surface area contributed by atoms with Gasteiger partial charge in [0, 0.05) is 29.0 Å². The fourth-order valence-corrected chi connectivity index (χ4v) is 3.29. The molecule has 2 heterocycles. The molecule has 0 aliphatic rings. The predicted molar refractivity (Wildman–Crippen MR) is 77.2 cm³/mol. The molecule has 0 radical (unpaired) electrons. The lowest BCUT2D eigenvalue weighted by Gasteiger charge is -2.14. The average molecular weight is 283 g/mol. The fourth-order valence-electron chi connectivity index (χ4n) is 1.67. The van der Waals surface area contributed by atoms with Gasteiger partial charge in [0.2, 0.25) is 0 Å². The van der Waals surface area contributed by atoms with Crippen molar-refractivity contribution < 1.29 is 9.84 Å². The Labute approximate surface area is 115 Å². The Hall–Kier alpha value is -0.720. The third kappa shape index (κ3) is 3.63. The number of aliphatic hydroxyl groups excluding tert-OH is 1. The van der Waals surface area contributed by atoms with Crippen molar-refractivity contribution in [2.24, 2.45) is 0 Å². The smallest absolute Gasteiger partial charge is 0.0638 e. The van der Waals surface area contributed by atoms with Crippen LogP contribution in [0.2, 0.25) is 0 Å². The third-order valence-electron chi connectivity index (χ3n) is 2.61. The minimum Gasteiger partial charge on any atom is -0.395 e. The van der Waals surface area contributed by atoms with Crippen LogP contribution in [0.3, 0.4) is 0 Å². The molecule has 98 valence electrons. The van der Waals surface area contributed by atoms with Crippen molar-refractivity contribution in [1.82, 2.24) is 5.32 Å². The topological polar surface area (TPSA) is 41.5 Å². The molecule has 2 N–H and O–H groups in total. The molecule has 0 bridgehead atoms. The lowest BCUT2D eigenvalue weighted by atomic mass is 10.2. The molecular formula is C13H17NO2S2. The van der Waals surface area contributed by atoms with Gasteiger partial charge in [-0.2, -0.15) is 0 Å². The van der Waals surface area contributed by atoms with Crippen LogP contribution >= 0.6 is 22.7 Å². The molecule has 2 aromatic rings. The summed E-state index contributed by atoms with van der Waals surface area (Å²) in [7, 11) is 1.64. The molecule has 0 fully saturated rings. The van der Waals surface area contributed by atoms with Gasteiger partial charge in [0.05, 0.1) is 19.3 Å². The van der Waals surface area contributed by atoms with Crippen LogP contribution in [-0.4, -0.2) is 31.5 Å². The highest BCUT2D eigenvalue weighted by Crippen LogP contribution is 2.29. The molecule has 2 rings (SSSR count). The van der Waals surface area contributed by atoms with Gasteiger partial charge in [-0.1, -0.05) is 6.07 Å². The highest BCUT2D eigenvalue weighted by molar-refractivity contribution is 7.14. The second kappa shape index (κ2) is 7.01. The van der Waals surface area contributed by atoms with E-state index in [1.54, 1.807) is 29.8 Å². The van der Waals surface area contributed by atoms with Crippen LogP contribution in [0.15, 0.2) is 29.0 Å². The first-order chi connectivity index (χ1) is 8.83. The van der Waals surface area contributed by atoms with Crippen molar-refractivity contribution in [2.75, 3.05) is 20.3 Å². The Morgan fingerprint density at radius 1 is 1.44 bits per heavy atom. The molecule has 0 aliphatic carbocycles. The van der Waals surface area contributed by atoms with E-state index < -0.39 is 0 Å². The van der Waals surface area contributed by atoms with Crippen molar-refractivity contribution >= 4 is 22.7 Å². The number of nitrogens with one attached hydrogen (secondary N) is 1. The van der Waals surface area contributed by atoms with Gasteiger partial charge in [-0.15, -0.1) is 22.7 Å². The van der Waals surface area contributed by atoms with Gasteiger partial charge >= 0.3 is 0 Å². The molecule has 0 spiro atoms. The lowest BCUT2D eigenvalue weighted by Crippen LogP contribution is -2.35. The Bertz CT molecular complexity index is 453. The quantitative estimate of drug-likeness (QED) is 0.820. The molecule has 0 saturated heterocycles. The Morgan fingerprint density at radius 2 is 2.33 bits per heavy atom. The van der Waals surface area contributed by atoms with E-state index in [1.807, 2.05) is 0 Å². The van der Waals surface area contributed by atoms with Gasteiger partial charge in [0.25, 0.3) is 0 Å². The second-order valence-corrected chi connectivity index (χ2v) is 5.94. The largest absolute Gasteiger partial charge is 0.395 e. The van der Waals surface area contributed by atoms with Crippen LogP contribution in [0.25, 0.3) is 10.4 Å². The number of rotatable bonds is 7. The van der Waals surface area contributed by atoms with Gasteiger partial charge < -0.3 is 15.2 Å². The Kier molecular flexibility index (Phi) is 5.34. The molecule has 0 saturated carbocycles. The van der Waals surface area contributed by atoms with Crippen LogP contribution in [0.1, 0.15) is 4.88 Å². The van der Waals surface area contributed by atoms with Crippen molar-refractivity contribution in [3.63, 3.8) is 0 Å². The van der Waals surface area contributed by atoms with Crippen molar-refractivity contribution in [2.45, 2.75) is 12.6 Å². The fraction of sp³-hybridized carbons (Fsp3) is 0.385. The van der Waals surface area contributed by atoms with Crippen molar-refractivity contribution in [3.05, 3.63) is 33.8 Å². The van der Waals surface area contributed by atoms with Crippen LogP contribution in [-0.2, 0) is 11.3 Å². The lowest BCUT2D eigenvalue weighted by molar-refractivity contribution is 0.128. The predicted octanol–water partition coefficient (Wildman–Crippen LogP) is 2.57. The first-order valence-corrected chi connectivity index (χ1v) is 7.54. The van der Waals surface area contributed by atoms with Crippen molar-refractivity contribution in [3.8, 4) is 10.4 Å². The highest BCUT2D eigenvalue weighted by atomic mass is 32.1. The maximum atomic E-state index is 9.15. The summed E-state index contributed by atoms with van der Waals surface area (Å²) in [6.45, 7) is 1.39. The number of hydrogen-bond donors (Lipinski definition) is 2. The Morgan fingerprint density at radius 3 is 3.00 bits per heavy atom. The molecule has 2 aromatic heterocycles. The SMILES string of the molecule is COCC(CO)NCc1cc(-c2cccs2)cs1. The van der Waals surface area contributed by atoms with Crippen LogP contribution in [0, 0.1) is 0 Å². The van der Waals surface area contributed by atoms with Crippen LogP contribution in [0.4, 0.5) is 0 Å². The number of thiophene rings is 2. The van der Waals surface area contributed by atoms with Crippen LogP contribution in [0.5, 0.6) is 0 Å². The van der Waals surface area contributed by atoms with E-state index in [0.717, 1.165) is 6.54 Å². The standard InChI is InChI=1S/C13H17NO2S2/c1-16-8-11(7-15)14-6-12-5-10(9-18-12)13-3-2-4-17-13/h2-5,9,11,14-15H,6-8H2,1H3. The maximum absolute atomic E-state index is 9.15. The summed E-state index contributed by atoms with van der Waals surface area (Å²) in [4.78, 5) is 2.57. The molecule has 5 heteroatoms. The number of methoxy groups -OCH3 is 1. The van der Waals surface area contributed by atoms with Gasteiger partial charge in [-0.3, -0.25) is 0 Å². The minimum absolute atomic E-state index is 0.00212. The summed E-state index contributed by atoms with van der Waals surface area (Å²) in [5.74, 6) is 0. The van der Waals surface area contributed by atoms with Gasteiger partial charge in [-0.25, -0.2) is 0 Å². The summed E-state index contributed by atoms with van der Waals surface area (Å²) in [6, 6.07) is 6.40. The van der Waals surface area contributed by atoms with E-state index in [4.69, 9.17) is 9.84 Å². The maximum Gasteiger partial charge on any atom is 0.0638 e. The minimum atomic E-state index is 0.00212. The van der Waals surface area contributed by atoms with E-state index in [1.165, 1.54) is 15.3 Å². The molecule has 3 nitrogen and oxygen atoms in total. The number of aliphatic hydroxyl groups is 1. The number of hydrogen-bond acceptors (Lipinski definition) is 5. The first kappa shape index (κ1) is 13.7. The van der Waals surface area contributed by atoms with Crippen LogP contribution < -0.4 is 5.32 Å². The summed E-state index contributed by atoms with van der Waals surface area (Å²) in [5.41, 5.74) is 1.28.